The first kappa shape index (κ1) is 18.6. The Morgan fingerprint density at radius 2 is 1.38 bits per heavy atom. The smallest absolute Gasteiger partial charge is 0.260 e. The zero-order valence-electron chi connectivity index (χ0n) is 13.0. The van der Waals surface area contributed by atoms with Crippen molar-refractivity contribution >= 4 is 81.4 Å². The van der Waals surface area contributed by atoms with E-state index in [2.05, 4.69) is 0 Å². The minimum absolute atomic E-state index is 0.0632. The van der Waals surface area contributed by atoms with Gasteiger partial charge in [0.2, 0.25) is 0 Å². The van der Waals surface area contributed by atoms with Crippen LogP contribution in [0, 0.1) is 23.7 Å². The summed E-state index contributed by atoms with van der Waals surface area (Å²) in [4.78, 5) is 27.7. The fraction of sp³-hybridized carbons (Fsp3) is 0.733. The third-order valence-electron chi connectivity index (χ3n) is 6.40. The molecule has 26 heavy (non-hydrogen) atoms. The van der Waals surface area contributed by atoms with Gasteiger partial charge in [0, 0.05) is 11.8 Å². The van der Waals surface area contributed by atoms with Crippen LogP contribution in [0.4, 0.5) is 0 Å². The molecule has 142 valence electrons. The number of hydrogen-bond acceptors (Lipinski definition) is 4. The average Bonchev–Trinajstić information content (AvgIpc) is 3.28. The minimum Gasteiger partial charge on any atom is -0.373 e. The SMILES string of the molecule is CCON1C(=O)[C@H]2[C@H]3O[C@@H]([C@@H]2C1=O)[C@@H]1[C@@H]3[C@@]2(Cl)C(Cl)=C(Cl)[C@@]1(Cl)C2(Cl)Cl. The molecular weight excluding hydrogens is 471 g/mol. The highest BCUT2D eigenvalue weighted by atomic mass is 35.5. The maximum Gasteiger partial charge on any atom is 0.260 e. The van der Waals surface area contributed by atoms with Crippen LogP contribution in [-0.4, -0.2) is 49.8 Å². The van der Waals surface area contributed by atoms with Gasteiger partial charge >= 0.3 is 0 Å². The average molecular weight is 482 g/mol. The Kier molecular flexibility index (Phi) is 3.69. The number of hydrogen-bond donors (Lipinski definition) is 0. The van der Waals surface area contributed by atoms with E-state index in [1.54, 1.807) is 6.92 Å². The molecule has 11 heteroatoms. The molecule has 3 aliphatic heterocycles. The number of alkyl halides is 4. The summed E-state index contributed by atoms with van der Waals surface area (Å²) in [5, 5.41) is 0.940. The molecule has 4 bridgehead atoms. The van der Waals surface area contributed by atoms with Gasteiger partial charge in [-0.15, -0.1) is 23.2 Å². The van der Waals surface area contributed by atoms with Crippen LogP contribution in [0.1, 0.15) is 6.92 Å². The highest BCUT2D eigenvalue weighted by Crippen LogP contribution is 2.81. The monoisotopic (exact) mass is 479 g/mol. The number of fused-ring (bicyclic) bond motifs is 12. The lowest BCUT2D eigenvalue weighted by Gasteiger charge is -2.39. The summed E-state index contributed by atoms with van der Waals surface area (Å²) in [7, 11) is 0. The van der Waals surface area contributed by atoms with E-state index in [1.807, 2.05) is 0 Å². The van der Waals surface area contributed by atoms with Crippen LogP contribution in [0.5, 0.6) is 0 Å². The second kappa shape index (κ2) is 5.17. The molecule has 5 rings (SSSR count). The van der Waals surface area contributed by atoms with Crippen LogP contribution in [0.3, 0.4) is 0 Å². The predicted molar refractivity (Wildman–Crippen MR) is 96.4 cm³/mol. The van der Waals surface area contributed by atoms with E-state index in [9.17, 15) is 9.59 Å². The molecule has 4 fully saturated rings. The van der Waals surface area contributed by atoms with Gasteiger partial charge in [0.15, 0.2) is 4.33 Å². The number of rotatable bonds is 2. The summed E-state index contributed by atoms with van der Waals surface area (Å²) in [5.74, 6) is -3.50. The number of ether oxygens (including phenoxy) is 1. The number of carbonyl (C=O) groups is 2. The van der Waals surface area contributed by atoms with Crippen molar-refractivity contribution < 1.29 is 19.2 Å². The van der Waals surface area contributed by atoms with Crippen molar-refractivity contribution in [1.82, 2.24) is 5.06 Å². The van der Waals surface area contributed by atoms with E-state index in [0.717, 1.165) is 5.06 Å². The van der Waals surface area contributed by atoms with Gasteiger partial charge in [-0.25, -0.2) is 0 Å². The molecule has 5 nitrogen and oxygen atoms in total. The maximum atomic E-state index is 12.8. The molecule has 0 N–H and O–H groups in total. The standard InChI is InChI=1S/C15H11Cl6NO4/c1-2-25-22-11(23)3-4(12(22)24)8-6-5(7(3)26-8)13(18)9(16)10(17)14(6,19)15(13,20)21/h3-8H,2H2,1H3/t3-,4-,5+,6+,7-,8+,13-,14-/m1/s1. The summed E-state index contributed by atoms with van der Waals surface area (Å²) < 4.78 is 4.31. The first-order chi connectivity index (χ1) is 12.1. The second-order valence-electron chi connectivity index (χ2n) is 7.18. The zero-order chi connectivity index (χ0) is 19.0. The molecule has 1 saturated carbocycles. The fourth-order valence-corrected chi connectivity index (χ4v) is 8.59. The highest BCUT2D eigenvalue weighted by Gasteiger charge is 2.90. The number of imide groups is 1. The van der Waals surface area contributed by atoms with Crippen molar-refractivity contribution in [3.05, 3.63) is 10.1 Å². The number of allylic oxidation sites excluding steroid dienone is 2. The topological polar surface area (TPSA) is 55.8 Å². The van der Waals surface area contributed by atoms with E-state index < -0.39 is 61.8 Å². The molecule has 0 aromatic carbocycles. The molecule has 0 unspecified atom stereocenters. The van der Waals surface area contributed by atoms with Gasteiger partial charge in [0.1, 0.15) is 9.75 Å². The Morgan fingerprint density at radius 1 is 0.962 bits per heavy atom. The van der Waals surface area contributed by atoms with Gasteiger partial charge < -0.3 is 4.74 Å². The molecule has 2 aliphatic carbocycles. The van der Waals surface area contributed by atoms with Crippen molar-refractivity contribution in [3.8, 4) is 0 Å². The van der Waals surface area contributed by atoms with Crippen LogP contribution in [-0.2, 0) is 19.2 Å². The van der Waals surface area contributed by atoms with E-state index in [4.69, 9.17) is 79.2 Å². The zero-order valence-corrected chi connectivity index (χ0v) is 17.6. The highest BCUT2D eigenvalue weighted by molar-refractivity contribution is 6.65. The minimum atomic E-state index is -1.71. The summed E-state index contributed by atoms with van der Waals surface area (Å²) in [6, 6.07) is 0. The quantitative estimate of drug-likeness (QED) is 0.448. The van der Waals surface area contributed by atoms with Crippen molar-refractivity contribution in [1.29, 1.82) is 0 Å². The van der Waals surface area contributed by atoms with Crippen LogP contribution >= 0.6 is 69.6 Å². The Hall–Kier alpha value is 0.540. The largest absolute Gasteiger partial charge is 0.373 e. The third kappa shape index (κ3) is 1.55. The van der Waals surface area contributed by atoms with Crippen molar-refractivity contribution in [2.24, 2.45) is 23.7 Å². The Labute approximate surface area is 178 Å². The van der Waals surface area contributed by atoms with Gasteiger partial charge in [0.25, 0.3) is 11.8 Å². The lowest BCUT2D eigenvalue weighted by molar-refractivity contribution is -0.191. The molecule has 5 aliphatic rings. The van der Waals surface area contributed by atoms with Gasteiger partial charge in [-0.3, -0.25) is 14.4 Å². The van der Waals surface area contributed by atoms with Crippen molar-refractivity contribution in [3.63, 3.8) is 0 Å². The molecular formula is C15H11Cl6NO4. The molecule has 0 radical (unpaired) electrons. The van der Waals surface area contributed by atoms with Crippen LogP contribution in [0.25, 0.3) is 0 Å². The fourth-order valence-electron chi connectivity index (χ4n) is 5.53. The van der Waals surface area contributed by atoms with Crippen molar-refractivity contribution in [2.45, 2.75) is 33.2 Å². The first-order valence-corrected chi connectivity index (χ1v) is 10.3. The Bertz CT molecular complexity index is 745. The lowest BCUT2D eigenvalue weighted by atomic mass is 9.65. The van der Waals surface area contributed by atoms with Gasteiger partial charge in [-0.2, -0.15) is 5.06 Å². The molecule has 3 saturated heterocycles. The number of amides is 2. The number of carbonyl (C=O) groups excluding carboxylic acids is 2. The van der Waals surface area contributed by atoms with E-state index in [-0.39, 0.29) is 16.7 Å². The molecule has 2 amide bonds. The molecule has 3 heterocycles. The normalized spacial score (nSPS) is 53.1. The summed E-state index contributed by atoms with van der Waals surface area (Å²) in [6.45, 7) is 1.87. The first-order valence-electron chi connectivity index (χ1n) is 8.04. The van der Waals surface area contributed by atoms with Gasteiger partial charge in [-0.05, 0) is 6.92 Å². The van der Waals surface area contributed by atoms with E-state index in [1.165, 1.54) is 0 Å². The second-order valence-corrected chi connectivity index (χ2v) is 10.5. The van der Waals surface area contributed by atoms with Gasteiger partial charge in [-0.1, -0.05) is 46.4 Å². The van der Waals surface area contributed by atoms with E-state index in [0.29, 0.717) is 0 Å². The predicted octanol–water partition coefficient (Wildman–Crippen LogP) is 3.40. The summed E-state index contributed by atoms with van der Waals surface area (Å²) >= 11 is 39.7. The molecule has 0 spiro atoms. The van der Waals surface area contributed by atoms with Crippen LogP contribution < -0.4 is 0 Å². The Morgan fingerprint density at radius 3 is 1.77 bits per heavy atom. The number of halogens is 6. The van der Waals surface area contributed by atoms with Crippen LogP contribution in [0.15, 0.2) is 10.1 Å². The molecule has 8 atom stereocenters. The third-order valence-corrected chi connectivity index (χ3v) is 10.7. The molecule has 0 aromatic heterocycles. The number of hydroxylamine groups is 2. The Balaban J connectivity index is 1.66. The summed E-state index contributed by atoms with van der Waals surface area (Å²) in [5.41, 5.74) is 0. The summed E-state index contributed by atoms with van der Waals surface area (Å²) in [6.07, 6.45) is -1.41. The van der Waals surface area contributed by atoms with Crippen molar-refractivity contribution in [2.75, 3.05) is 6.61 Å². The molecule has 0 aromatic rings. The lowest BCUT2D eigenvalue weighted by Crippen LogP contribution is -2.50. The van der Waals surface area contributed by atoms with Crippen LogP contribution in [0.2, 0.25) is 0 Å². The van der Waals surface area contributed by atoms with E-state index >= 15 is 0 Å². The van der Waals surface area contributed by atoms with Gasteiger partial charge in [0.05, 0.1) is 40.7 Å². The maximum absolute atomic E-state index is 12.8. The number of nitrogens with zero attached hydrogens (tertiary/aromatic N) is 1.